The van der Waals surface area contributed by atoms with Crippen LogP contribution in [0.4, 0.5) is 0 Å². The predicted molar refractivity (Wildman–Crippen MR) is 71.3 cm³/mol. The summed E-state index contributed by atoms with van der Waals surface area (Å²) >= 11 is 0. The Morgan fingerprint density at radius 1 is 1.26 bits per heavy atom. The van der Waals surface area contributed by atoms with Crippen LogP contribution in [0.25, 0.3) is 0 Å². The largest absolute Gasteiger partial charge is 0.342 e. The van der Waals surface area contributed by atoms with E-state index >= 15 is 0 Å². The zero-order valence-electron chi connectivity index (χ0n) is 11.1. The van der Waals surface area contributed by atoms with E-state index in [9.17, 15) is 9.59 Å². The molecule has 0 aliphatic carbocycles. The van der Waals surface area contributed by atoms with Crippen molar-refractivity contribution >= 4 is 11.8 Å². The molecule has 1 aromatic rings. The molecular formula is C15H18N2O2. The second kappa shape index (κ2) is 4.68. The highest BCUT2D eigenvalue weighted by Crippen LogP contribution is 2.26. The Kier molecular flexibility index (Phi) is 3.01. The lowest BCUT2D eigenvalue weighted by molar-refractivity contribution is -0.150. The molecule has 19 heavy (non-hydrogen) atoms. The SMILES string of the molecule is CCC[C@@H]1NC(=O)[C@H]2Cc3ccccc3CN2C1=O. The van der Waals surface area contributed by atoms with Crippen LogP contribution in [0.2, 0.25) is 0 Å². The molecule has 1 saturated heterocycles. The van der Waals surface area contributed by atoms with E-state index in [0.717, 1.165) is 18.4 Å². The van der Waals surface area contributed by atoms with Crippen LogP contribution in [0.1, 0.15) is 30.9 Å². The van der Waals surface area contributed by atoms with Gasteiger partial charge in [-0.05, 0) is 17.5 Å². The Bertz CT molecular complexity index is 527. The third-order valence-corrected chi connectivity index (χ3v) is 4.03. The van der Waals surface area contributed by atoms with Crippen LogP contribution in [0.15, 0.2) is 24.3 Å². The number of piperazine rings is 1. The van der Waals surface area contributed by atoms with Crippen LogP contribution in [-0.2, 0) is 22.6 Å². The quantitative estimate of drug-likeness (QED) is 0.867. The number of nitrogens with zero attached hydrogens (tertiary/aromatic N) is 1. The molecule has 0 saturated carbocycles. The Balaban J connectivity index is 1.90. The molecule has 3 rings (SSSR count). The van der Waals surface area contributed by atoms with Gasteiger partial charge in [0.15, 0.2) is 0 Å². The lowest BCUT2D eigenvalue weighted by atomic mass is 9.90. The number of hydrogen-bond acceptors (Lipinski definition) is 2. The summed E-state index contributed by atoms with van der Waals surface area (Å²) in [6.07, 6.45) is 2.24. The van der Waals surface area contributed by atoms with Crippen LogP contribution in [-0.4, -0.2) is 28.8 Å². The zero-order valence-corrected chi connectivity index (χ0v) is 11.1. The van der Waals surface area contributed by atoms with Crippen molar-refractivity contribution in [2.75, 3.05) is 0 Å². The van der Waals surface area contributed by atoms with Gasteiger partial charge in [0.2, 0.25) is 11.8 Å². The molecule has 4 nitrogen and oxygen atoms in total. The van der Waals surface area contributed by atoms with Crippen LogP contribution in [0.5, 0.6) is 0 Å². The van der Waals surface area contributed by atoms with E-state index in [1.54, 1.807) is 4.90 Å². The summed E-state index contributed by atoms with van der Waals surface area (Å²) in [5.74, 6) is 0.0634. The van der Waals surface area contributed by atoms with Crippen LogP contribution >= 0.6 is 0 Å². The van der Waals surface area contributed by atoms with E-state index in [-0.39, 0.29) is 23.9 Å². The summed E-state index contributed by atoms with van der Waals surface area (Å²) in [5, 5.41) is 2.87. The molecule has 2 aliphatic heterocycles. The third-order valence-electron chi connectivity index (χ3n) is 4.03. The van der Waals surface area contributed by atoms with Gasteiger partial charge in [-0.1, -0.05) is 37.6 Å². The van der Waals surface area contributed by atoms with E-state index in [0.29, 0.717) is 13.0 Å². The monoisotopic (exact) mass is 258 g/mol. The average Bonchev–Trinajstić information content (AvgIpc) is 2.43. The van der Waals surface area contributed by atoms with E-state index in [4.69, 9.17) is 0 Å². The molecule has 0 spiro atoms. The molecule has 0 aromatic heterocycles. The standard InChI is InChI=1S/C15H18N2O2/c1-2-5-12-15(19)17-9-11-7-4-3-6-10(11)8-13(17)14(18)16-12/h3-4,6-7,12-13H,2,5,8-9H2,1H3,(H,16,18)/t12-,13+/m0/s1. The second-order valence-electron chi connectivity index (χ2n) is 5.30. The van der Waals surface area contributed by atoms with Crippen molar-refractivity contribution in [2.45, 2.75) is 44.8 Å². The highest BCUT2D eigenvalue weighted by atomic mass is 16.2. The predicted octanol–water partition coefficient (Wildman–Crippen LogP) is 1.24. The maximum Gasteiger partial charge on any atom is 0.246 e. The lowest BCUT2D eigenvalue weighted by Crippen LogP contribution is -2.64. The van der Waals surface area contributed by atoms with E-state index in [1.807, 2.05) is 31.2 Å². The molecular weight excluding hydrogens is 240 g/mol. The first-order valence-electron chi connectivity index (χ1n) is 6.88. The summed E-state index contributed by atoms with van der Waals surface area (Å²) in [4.78, 5) is 26.3. The molecule has 1 aromatic carbocycles. The van der Waals surface area contributed by atoms with Crippen molar-refractivity contribution in [3.8, 4) is 0 Å². The minimum absolute atomic E-state index is 0.00690. The van der Waals surface area contributed by atoms with Gasteiger partial charge in [-0.2, -0.15) is 0 Å². The fourth-order valence-corrected chi connectivity index (χ4v) is 3.00. The Labute approximate surface area is 112 Å². The fraction of sp³-hybridized carbons (Fsp3) is 0.467. The molecule has 2 aliphatic rings. The molecule has 1 N–H and O–H groups in total. The maximum absolute atomic E-state index is 12.4. The number of amides is 2. The number of rotatable bonds is 2. The summed E-state index contributed by atoms with van der Waals surface area (Å²) in [6, 6.07) is 7.39. The molecule has 2 heterocycles. The molecule has 0 radical (unpaired) electrons. The van der Waals surface area contributed by atoms with E-state index in [1.165, 1.54) is 5.56 Å². The Hall–Kier alpha value is -1.84. The molecule has 4 heteroatoms. The molecule has 0 bridgehead atoms. The molecule has 2 amide bonds. The number of benzene rings is 1. The Morgan fingerprint density at radius 2 is 2.00 bits per heavy atom. The summed E-state index contributed by atoms with van der Waals surface area (Å²) in [5.41, 5.74) is 2.35. The summed E-state index contributed by atoms with van der Waals surface area (Å²) < 4.78 is 0. The number of carbonyl (C=O) groups is 2. The van der Waals surface area contributed by atoms with Gasteiger partial charge in [-0.25, -0.2) is 0 Å². The smallest absolute Gasteiger partial charge is 0.246 e. The first kappa shape index (κ1) is 12.2. The highest BCUT2D eigenvalue weighted by Gasteiger charge is 2.42. The van der Waals surface area contributed by atoms with Crippen molar-refractivity contribution < 1.29 is 9.59 Å². The van der Waals surface area contributed by atoms with Gasteiger partial charge in [0, 0.05) is 13.0 Å². The molecule has 1 fully saturated rings. The molecule has 2 atom stereocenters. The molecule has 100 valence electrons. The first-order chi connectivity index (χ1) is 9.20. The highest BCUT2D eigenvalue weighted by molar-refractivity contribution is 5.97. The zero-order chi connectivity index (χ0) is 13.4. The average molecular weight is 258 g/mol. The normalized spacial score (nSPS) is 25.6. The van der Waals surface area contributed by atoms with Crippen molar-refractivity contribution in [3.05, 3.63) is 35.4 Å². The van der Waals surface area contributed by atoms with Gasteiger partial charge in [-0.3, -0.25) is 9.59 Å². The summed E-state index contributed by atoms with van der Waals surface area (Å²) in [6.45, 7) is 2.59. The molecule has 0 unspecified atom stereocenters. The minimum atomic E-state index is -0.334. The second-order valence-corrected chi connectivity index (χ2v) is 5.30. The topological polar surface area (TPSA) is 49.4 Å². The van der Waals surface area contributed by atoms with Crippen molar-refractivity contribution in [3.63, 3.8) is 0 Å². The van der Waals surface area contributed by atoms with Crippen molar-refractivity contribution in [1.29, 1.82) is 0 Å². The van der Waals surface area contributed by atoms with Gasteiger partial charge in [0.1, 0.15) is 12.1 Å². The minimum Gasteiger partial charge on any atom is -0.342 e. The van der Waals surface area contributed by atoms with Crippen molar-refractivity contribution in [1.82, 2.24) is 10.2 Å². The van der Waals surface area contributed by atoms with E-state index in [2.05, 4.69) is 5.32 Å². The number of fused-ring (bicyclic) bond motifs is 2. The fourth-order valence-electron chi connectivity index (χ4n) is 3.00. The van der Waals surface area contributed by atoms with Gasteiger partial charge in [0.25, 0.3) is 0 Å². The Morgan fingerprint density at radius 3 is 2.74 bits per heavy atom. The van der Waals surface area contributed by atoms with Gasteiger partial charge >= 0.3 is 0 Å². The first-order valence-corrected chi connectivity index (χ1v) is 6.88. The maximum atomic E-state index is 12.4. The van der Waals surface area contributed by atoms with Gasteiger partial charge in [0.05, 0.1) is 0 Å². The summed E-state index contributed by atoms with van der Waals surface area (Å²) in [7, 11) is 0. The lowest BCUT2D eigenvalue weighted by Gasteiger charge is -2.42. The van der Waals surface area contributed by atoms with Crippen LogP contribution < -0.4 is 5.32 Å². The van der Waals surface area contributed by atoms with Gasteiger partial charge in [-0.15, -0.1) is 0 Å². The van der Waals surface area contributed by atoms with Crippen molar-refractivity contribution in [2.24, 2.45) is 0 Å². The number of nitrogens with one attached hydrogen (secondary N) is 1. The number of carbonyl (C=O) groups excluding carboxylic acids is 2. The third kappa shape index (κ3) is 2.01. The van der Waals surface area contributed by atoms with Gasteiger partial charge < -0.3 is 10.2 Å². The van der Waals surface area contributed by atoms with Crippen LogP contribution in [0, 0.1) is 0 Å². The number of hydrogen-bond donors (Lipinski definition) is 1. The van der Waals surface area contributed by atoms with E-state index < -0.39 is 0 Å². The van der Waals surface area contributed by atoms with Crippen LogP contribution in [0.3, 0.4) is 0 Å².